The number of H-pyrrole nitrogens is 1. The third-order valence-electron chi connectivity index (χ3n) is 4.25. The topological polar surface area (TPSA) is 83.0 Å². The Morgan fingerprint density at radius 2 is 1.70 bits per heavy atom. The van der Waals surface area contributed by atoms with Gasteiger partial charge in [0.15, 0.2) is 15.0 Å². The molecule has 0 amide bonds. The second kappa shape index (κ2) is 7.68. The number of hydrogen-bond donors (Lipinski definition) is 2. The summed E-state index contributed by atoms with van der Waals surface area (Å²) < 4.78 is 24.1. The second-order valence-electron chi connectivity index (χ2n) is 6.19. The van der Waals surface area contributed by atoms with E-state index in [0.29, 0.717) is 10.8 Å². The molecular weight excluding hydrogens is 384 g/mol. The molecule has 0 bridgehead atoms. The molecule has 1 heterocycles. The molecule has 0 aliphatic heterocycles. The molecule has 3 rings (SSSR count). The van der Waals surface area contributed by atoms with Crippen molar-refractivity contribution >= 4 is 27.0 Å². The molecule has 0 saturated carbocycles. The molecule has 0 unspecified atom stereocenters. The van der Waals surface area contributed by atoms with Crippen molar-refractivity contribution in [1.82, 2.24) is 10.2 Å². The first-order valence-corrected chi connectivity index (χ1v) is 10.3. The molecule has 2 N–H and O–H groups in total. The molecule has 7 heteroatoms. The molecule has 0 atom stereocenters. The molecule has 5 nitrogen and oxygen atoms in total. The van der Waals surface area contributed by atoms with E-state index in [2.05, 4.69) is 16.8 Å². The lowest BCUT2D eigenvalue weighted by Gasteiger charge is -2.08. The molecule has 3 aromatic rings. The molecule has 2 aromatic carbocycles. The Morgan fingerprint density at radius 1 is 1.11 bits per heavy atom. The van der Waals surface area contributed by atoms with Gasteiger partial charge in [0.05, 0.1) is 22.9 Å². The van der Waals surface area contributed by atoms with Gasteiger partial charge in [-0.25, -0.2) is 8.42 Å². The zero-order chi connectivity index (χ0) is 19.6. The Balaban J connectivity index is 2.01. The van der Waals surface area contributed by atoms with Crippen LogP contribution in [0.15, 0.2) is 60.0 Å². The van der Waals surface area contributed by atoms with Gasteiger partial charge < -0.3 is 5.11 Å². The highest BCUT2D eigenvalue weighted by Gasteiger charge is 2.17. The maximum Gasteiger partial charge on any atom is 0.180 e. The van der Waals surface area contributed by atoms with Crippen LogP contribution in [-0.2, 0) is 9.84 Å². The third-order valence-corrected chi connectivity index (χ3v) is 6.23. The summed E-state index contributed by atoms with van der Waals surface area (Å²) in [5.74, 6) is -0.303. The second-order valence-corrected chi connectivity index (χ2v) is 8.66. The van der Waals surface area contributed by atoms with E-state index in [1.165, 1.54) is 12.1 Å². The predicted molar refractivity (Wildman–Crippen MR) is 108 cm³/mol. The van der Waals surface area contributed by atoms with Crippen molar-refractivity contribution in [3.05, 3.63) is 65.8 Å². The number of nitrogens with one attached hydrogen (secondary N) is 1. The summed E-state index contributed by atoms with van der Waals surface area (Å²) in [6.45, 7) is 5.46. The number of aliphatic hydroxyl groups is 1. The van der Waals surface area contributed by atoms with Gasteiger partial charge in [-0.05, 0) is 30.2 Å². The summed E-state index contributed by atoms with van der Waals surface area (Å²) in [7, 11) is -3.49. The summed E-state index contributed by atoms with van der Waals surface area (Å²) in [6, 6.07) is 14.3. The minimum absolute atomic E-state index is 0.165. The molecule has 0 spiro atoms. The van der Waals surface area contributed by atoms with E-state index in [0.717, 1.165) is 27.8 Å². The Hall–Kier alpha value is -2.41. The Kier molecular flexibility index (Phi) is 5.51. The molecular formula is C20H19ClN2O3S. The number of sulfone groups is 1. The summed E-state index contributed by atoms with van der Waals surface area (Å²) in [4.78, 5) is 0.165. The highest BCUT2D eigenvalue weighted by atomic mass is 35.5. The summed E-state index contributed by atoms with van der Waals surface area (Å²) in [5, 5.41) is 16.3. The van der Waals surface area contributed by atoms with Crippen LogP contribution in [0.25, 0.3) is 28.0 Å². The Morgan fingerprint density at radius 3 is 2.26 bits per heavy atom. The lowest BCUT2D eigenvalue weighted by molar-refractivity contribution is 0.319. The molecule has 27 heavy (non-hydrogen) atoms. The zero-order valence-corrected chi connectivity index (χ0v) is 16.3. The number of hydrogen-bond acceptors (Lipinski definition) is 4. The number of halogens is 1. The van der Waals surface area contributed by atoms with Crippen LogP contribution in [-0.4, -0.2) is 36.1 Å². The van der Waals surface area contributed by atoms with Gasteiger partial charge in [-0.1, -0.05) is 60.2 Å². The molecule has 0 radical (unpaired) electrons. The van der Waals surface area contributed by atoms with Crippen LogP contribution in [0.1, 0.15) is 12.5 Å². The van der Waals surface area contributed by atoms with Crippen LogP contribution in [0, 0.1) is 0 Å². The minimum Gasteiger partial charge on any atom is -0.395 e. The van der Waals surface area contributed by atoms with Crippen molar-refractivity contribution in [3.8, 4) is 22.4 Å². The molecule has 0 aliphatic carbocycles. The van der Waals surface area contributed by atoms with Crippen molar-refractivity contribution in [3.63, 3.8) is 0 Å². The van der Waals surface area contributed by atoms with Crippen molar-refractivity contribution in [2.45, 2.75) is 11.8 Å². The monoisotopic (exact) mass is 402 g/mol. The lowest BCUT2D eigenvalue weighted by atomic mass is 9.99. The van der Waals surface area contributed by atoms with E-state index >= 15 is 0 Å². The predicted octanol–water partition coefficient (Wildman–Crippen LogP) is 4.20. The molecule has 0 saturated heterocycles. The largest absolute Gasteiger partial charge is 0.395 e. The van der Waals surface area contributed by atoms with Crippen LogP contribution < -0.4 is 0 Å². The molecule has 140 valence electrons. The summed E-state index contributed by atoms with van der Waals surface area (Å²) in [6.07, 6.45) is 0. The maximum absolute atomic E-state index is 12.1. The van der Waals surface area contributed by atoms with E-state index in [1.54, 1.807) is 12.1 Å². The lowest BCUT2D eigenvalue weighted by Crippen LogP contribution is -2.09. The van der Waals surface area contributed by atoms with Gasteiger partial charge in [0.25, 0.3) is 0 Å². The molecule has 1 aromatic heterocycles. The number of allylic oxidation sites excluding steroid dienone is 1. The van der Waals surface area contributed by atoms with Crippen molar-refractivity contribution in [1.29, 1.82) is 0 Å². The number of aliphatic hydroxyl groups excluding tert-OH is 1. The first-order chi connectivity index (χ1) is 12.8. The van der Waals surface area contributed by atoms with Gasteiger partial charge in [0, 0.05) is 11.1 Å². The number of benzene rings is 2. The van der Waals surface area contributed by atoms with E-state index in [4.69, 9.17) is 16.7 Å². The molecule has 0 aliphatic rings. The SMILES string of the molecule is C=C(C)c1ccc(-c2c(Cl)n[nH]c2-c2ccc(S(=O)(=O)CCO)cc2)cc1. The van der Waals surface area contributed by atoms with Crippen molar-refractivity contribution < 1.29 is 13.5 Å². The Bertz CT molecular complexity index is 1070. The van der Waals surface area contributed by atoms with E-state index in [-0.39, 0.29) is 10.6 Å². The quantitative estimate of drug-likeness (QED) is 0.647. The van der Waals surface area contributed by atoms with Gasteiger partial charge in [-0.15, -0.1) is 0 Å². The smallest absolute Gasteiger partial charge is 0.180 e. The maximum atomic E-state index is 12.1. The van der Waals surface area contributed by atoms with Crippen LogP contribution >= 0.6 is 11.6 Å². The standard InChI is InChI=1S/C20H19ClN2O3S/c1-13(2)14-3-5-15(6-4-14)18-19(22-23-20(18)21)16-7-9-17(10-8-16)27(25,26)12-11-24/h3-10,24H,1,11-12H2,2H3,(H,22,23). The number of nitrogens with zero attached hydrogens (tertiary/aromatic N) is 1. The van der Waals surface area contributed by atoms with Gasteiger partial charge >= 0.3 is 0 Å². The van der Waals surface area contributed by atoms with Gasteiger partial charge in [-0.2, -0.15) is 5.10 Å². The van der Waals surface area contributed by atoms with Gasteiger partial charge in [0.2, 0.25) is 0 Å². The first-order valence-electron chi connectivity index (χ1n) is 8.27. The highest BCUT2D eigenvalue weighted by molar-refractivity contribution is 7.91. The van der Waals surface area contributed by atoms with Crippen LogP contribution in [0.5, 0.6) is 0 Å². The normalized spacial score (nSPS) is 11.5. The average molecular weight is 403 g/mol. The Labute approximate surface area is 163 Å². The fraction of sp³-hybridized carbons (Fsp3) is 0.150. The number of aromatic nitrogens is 2. The van der Waals surface area contributed by atoms with Gasteiger partial charge in [0.1, 0.15) is 0 Å². The average Bonchev–Trinajstić information content (AvgIpc) is 3.03. The minimum atomic E-state index is -3.49. The first kappa shape index (κ1) is 19.4. The third kappa shape index (κ3) is 3.98. The van der Waals surface area contributed by atoms with Crippen LogP contribution in [0.3, 0.4) is 0 Å². The van der Waals surface area contributed by atoms with Crippen LogP contribution in [0.4, 0.5) is 0 Å². The van der Waals surface area contributed by atoms with Gasteiger partial charge in [-0.3, -0.25) is 5.10 Å². The highest BCUT2D eigenvalue weighted by Crippen LogP contribution is 2.36. The van der Waals surface area contributed by atoms with E-state index in [9.17, 15) is 8.42 Å². The fourth-order valence-electron chi connectivity index (χ4n) is 2.78. The summed E-state index contributed by atoms with van der Waals surface area (Å²) in [5.41, 5.74) is 5.12. The van der Waals surface area contributed by atoms with E-state index < -0.39 is 16.4 Å². The van der Waals surface area contributed by atoms with Crippen LogP contribution in [0.2, 0.25) is 5.15 Å². The number of rotatable bonds is 6. The van der Waals surface area contributed by atoms with Crippen molar-refractivity contribution in [2.75, 3.05) is 12.4 Å². The van der Waals surface area contributed by atoms with Crippen molar-refractivity contribution in [2.24, 2.45) is 0 Å². The number of aromatic amines is 1. The summed E-state index contributed by atoms with van der Waals surface area (Å²) >= 11 is 6.29. The van der Waals surface area contributed by atoms with E-state index in [1.807, 2.05) is 31.2 Å². The fourth-order valence-corrected chi connectivity index (χ4v) is 4.05. The molecule has 0 fully saturated rings. The zero-order valence-electron chi connectivity index (χ0n) is 14.7.